The van der Waals surface area contributed by atoms with Crippen molar-refractivity contribution in [2.24, 2.45) is 0 Å². The lowest BCUT2D eigenvalue weighted by atomic mass is 9.98. The van der Waals surface area contributed by atoms with E-state index in [1.165, 1.54) is 12.1 Å². The van der Waals surface area contributed by atoms with Crippen LogP contribution in [0.25, 0.3) is 16.6 Å². The highest BCUT2D eigenvalue weighted by molar-refractivity contribution is 5.98. The molecule has 0 bridgehead atoms. The number of ether oxygens (including phenoxy) is 1. The van der Waals surface area contributed by atoms with Crippen molar-refractivity contribution >= 4 is 16.7 Å². The maximum Gasteiger partial charge on any atom is 0.163 e. The molecule has 6 nitrogen and oxygen atoms in total. The van der Waals surface area contributed by atoms with Gasteiger partial charge in [0, 0.05) is 47.2 Å². The third-order valence-corrected chi connectivity index (χ3v) is 6.09. The highest BCUT2D eigenvalue weighted by atomic mass is 19.1. The van der Waals surface area contributed by atoms with E-state index < -0.39 is 5.82 Å². The van der Waals surface area contributed by atoms with Gasteiger partial charge in [0.2, 0.25) is 0 Å². The number of nitriles is 1. The Balaban J connectivity index is 1.36. The molecule has 0 aliphatic heterocycles. The number of Topliss-reactive ketones (excluding diaryl/α,β-unsaturated/α-hetero) is 1. The lowest BCUT2D eigenvalue weighted by Gasteiger charge is -2.14. The van der Waals surface area contributed by atoms with Gasteiger partial charge in [0.1, 0.15) is 23.4 Å². The molecule has 0 aliphatic carbocycles. The minimum absolute atomic E-state index is 0.00707. The van der Waals surface area contributed by atoms with E-state index in [9.17, 15) is 9.18 Å². The number of aromatic nitrogens is 3. The third kappa shape index (κ3) is 4.57. The average Bonchev–Trinajstić information content (AvgIpc) is 3.44. The number of imidazole rings is 1. The molecule has 7 heteroatoms. The lowest BCUT2D eigenvalue weighted by Crippen LogP contribution is -2.05. The van der Waals surface area contributed by atoms with E-state index in [1.54, 1.807) is 49.1 Å². The first-order valence-corrected chi connectivity index (χ1v) is 11.4. The number of hydrogen-bond donors (Lipinski definition) is 0. The normalized spacial score (nSPS) is 10.8. The van der Waals surface area contributed by atoms with Gasteiger partial charge in [-0.3, -0.25) is 9.78 Å². The quantitative estimate of drug-likeness (QED) is 0.256. The summed E-state index contributed by atoms with van der Waals surface area (Å²) in [6, 6.07) is 19.3. The molecular formula is C29H21FN4O2. The summed E-state index contributed by atoms with van der Waals surface area (Å²) in [5.74, 6) is 0.581. The standard InChI is InChI=1S/C29H21FN4O2/c1-19-23(27(35)10-6-20-5-7-21(17-31)25(30)15-20)3-2-4-28(19)36-29-11-12-33-26-16-22(8-9-24(26)29)34-14-13-32-18-34/h2-5,7-9,11-16,18H,6,10H2,1H3. The van der Waals surface area contributed by atoms with Crippen molar-refractivity contribution in [2.75, 3.05) is 0 Å². The monoisotopic (exact) mass is 476 g/mol. The summed E-state index contributed by atoms with van der Waals surface area (Å²) in [4.78, 5) is 21.6. The second-order valence-corrected chi connectivity index (χ2v) is 8.36. The molecule has 0 aliphatic rings. The van der Waals surface area contributed by atoms with Gasteiger partial charge >= 0.3 is 0 Å². The Labute approximate surface area is 207 Å². The van der Waals surface area contributed by atoms with Crippen molar-refractivity contribution in [1.29, 1.82) is 5.26 Å². The number of carbonyl (C=O) groups is 1. The van der Waals surface area contributed by atoms with Crippen LogP contribution in [0.2, 0.25) is 0 Å². The molecule has 5 aromatic rings. The zero-order valence-corrected chi connectivity index (χ0v) is 19.5. The van der Waals surface area contributed by atoms with Crippen molar-refractivity contribution in [3.63, 3.8) is 0 Å². The number of nitrogens with zero attached hydrogens (tertiary/aromatic N) is 4. The Morgan fingerprint density at radius 1 is 1.08 bits per heavy atom. The first kappa shape index (κ1) is 22.9. The smallest absolute Gasteiger partial charge is 0.163 e. The molecule has 36 heavy (non-hydrogen) atoms. The minimum atomic E-state index is -0.573. The van der Waals surface area contributed by atoms with Crippen LogP contribution in [-0.2, 0) is 6.42 Å². The number of aryl methyl sites for hydroxylation is 1. The minimum Gasteiger partial charge on any atom is -0.456 e. The fourth-order valence-electron chi connectivity index (χ4n) is 4.11. The van der Waals surface area contributed by atoms with Crippen LogP contribution in [-0.4, -0.2) is 20.3 Å². The summed E-state index contributed by atoms with van der Waals surface area (Å²) in [5.41, 5.74) is 3.67. The fourth-order valence-corrected chi connectivity index (χ4v) is 4.11. The molecule has 2 aromatic heterocycles. The van der Waals surface area contributed by atoms with E-state index in [0.29, 0.717) is 29.0 Å². The Morgan fingerprint density at radius 2 is 1.97 bits per heavy atom. The first-order valence-electron chi connectivity index (χ1n) is 11.4. The number of hydrogen-bond acceptors (Lipinski definition) is 5. The highest BCUT2D eigenvalue weighted by Crippen LogP contribution is 2.33. The van der Waals surface area contributed by atoms with Crippen LogP contribution in [0.15, 0.2) is 85.6 Å². The molecule has 0 atom stereocenters. The summed E-state index contributed by atoms with van der Waals surface area (Å²) in [5, 5.41) is 9.73. The second-order valence-electron chi connectivity index (χ2n) is 8.36. The fraction of sp³-hybridized carbons (Fsp3) is 0.103. The van der Waals surface area contributed by atoms with Crippen molar-refractivity contribution < 1.29 is 13.9 Å². The van der Waals surface area contributed by atoms with Crippen molar-refractivity contribution in [1.82, 2.24) is 14.5 Å². The summed E-state index contributed by atoms with van der Waals surface area (Å²) >= 11 is 0. The molecule has 0 radical (unpaired) electrons. The van der Waals surface area contributed by atoms with E-state index in [4.69, 9.17) is 10.00 Å². The molecule has 0 unspecified atom stereocenters. The molecular weight excluding hydrogens is 455 g/mol. The van der Waals surface area contributed by atoms with Gasteiger partial charge in [-0.25, -0.2) is 9.37 Å². The Morgan fingerprint density at radius 3 is 2.75 bits per heavy atom. The van der Waals surface area contributed by atoms with Gasteiger partial charge in [-0.1, -0.05) is 18.2 Å². The molecule has 0 saturated heterocycles. The van der Waals surface area contributed by atoms with Crippen molar-refractivity contribution in [2.45, 2.75) is 19.8 Å². The van der Waals surface area contributed by atoms with Crippen LogP contribution >= 0.6 is 0 Å². The van der Waals surface area contributed by atoms with Gasteiger partial charge in [-0.15, -0.1) is 0 Å². The molecule has 176 valence electrons. The highest BCUT2D eigenvalue weighted by Gasteiger charge is 2.15. The van der Waals surface area contributed by atoms with Crippen LogP contribution in [0.1, 0.15) is 33.5 Å². The summed E-state index contributed by atoms with van der Waals surface area (Å²) in [7, 11) is 0. The molecule has 5 rings (SSSR count). The van der Waals surface area contributed by atoms with Gasteiger partial charge in [0.15, 0.2) is 5.78 Å². The van der Waals surface area contributed by atoms with Gasteiger partial charge in [0.05, 0.1) is 17.4 Å². The summed E-state index contributed by atoms with van der Waals surface area (Å²) in [6.07, 6.45) is 7.59. The molecule has 2 heterocycles. The van der Waals surface area contributed by atoms with Crippen LogP contribution in [0, 0.1) is 24.1 Å². The van der Waals surface area contributed by atoms with Crippen LogP contribution < -0.4 is 4.74 Å². The third-order valence-electron chi connectivity index (χ3n) is 6.09. The van der Waals surface area contributed by atoms with E-state index in [1.807, 2.05) is 42.0 Å². The number of carbonyl (C=O) groups excluding carboxylic acids is 1. The molecule has 0 fully saturated rings. The lowest BCUT2D eigenvalue weighted by molar-refractivity contribution is 0.0982. The van der Waals surface area contributed by atoms with E-state index in [-0.39, 0.29) is 17.8 Å². The van der Waals surface area contributed by atoms with Gasteiger partial charge in [-0.2, -0.15) is 5.26 Å². The Kier molecular flexibility index (Phi) is 6.25. The van der Waals surface area contributed by atoms with Gasteiger partial charge in [-0.05, 0) is 61.4 Å². The summed E-state index contributed by atoms with van der Waals surface area (Å²) in [6.45, 7) is 1.85. The maximum atomic E-state index is 13.9. The van der Waals surface area contributed by atoms with Crippen LogP contribution in [0.4, 0.5) is 4.39 Å². The van der Waals surface area contributed by atoms with E-state index in [0.717, 1.165) is 22.2 Å². The predicted octanol–water partition coefficient (Wildman–Crippen LogP) is 6.35. The van der Waals surface area contributed by atoms with Crippen LogP contribution in [0.5, 0.6) is 11.5 Å². The Bertz CT molecular complexity index is 1620. The molecule has 0 N–H and O–H groups in total. The topological polar surface area (TPSA) is 80.8 Å². The maximum absolute atomic E-state index is 13.9. The van der Waals surface area contributed by atoms with E-state index in [2.05, 4.69) is 9.97 Å². The zero-order valence-electron chi connectivity index (χ0n) is 19.5. The number of halogens is 1. The number of rotatable bonds is 7. The molecule has 0 spiro atoms. The number of pyridine rings is 1. The largest absolute Gasteiger partial charge is 0.456 e. The second kappa shape index (κ2) is 9.80. The van der Waals surface area contributed by atoms with Crippen molar-refractivity contribution in [3.05, 3.63) is 114 Å². The zero-order chi connectivity index (χ0) is 25.1. The Hall–Kier alpha value is -4.83. The molecule has 0 amide bonds. The number of ketones is 1. The molecule has 3 aromatic carbocycles. The van der Waals surface area contributed by atoms with Gasteiger partial charge in [0.25, 0.3) is 0 Å². The number of benzene rings is 3. The first-order chi connectivity index (χ1) is 17.5. The predicted molar refractivity (Wildman–Crippen MR) is 134 cm³/mol. The van der Waals surface area contributed by atoms with Crippen molar-refractivity contribution in [3.8, 4) is 23.3 Å². The molecule has 0 saturated carbocycles. The van der Waals surface area contributed by atoms with Crippen LogP contribution in [0.3, 0.4) is 0 Å². The average molecular weight is 477 g/mol. The summed E-state index contributed by atoms with van der Waals surface area (Å²) < 4.78 is 22.1. The van der Waals surface area contributed by atoms with E-state index >= 15 is 0 Å². The SMILES string of the molecule is Cc1c(Oc2ccnc3cc(-n4ccnc4)ccc23)cccc1C(=O)CCc1ccc(C#N)c(F)c1. The van der Waals surface area contributed by atoms with Gasteiger partial charge < -0.3 is 9.30 Å². The number of fused-ring (bicyclic) bond motifs is 1.